The summed E-state index contributed by atoms with van der Waals surface area (Å²) in [7, 11) is 2.18. The molecule has 4 rings (SSSR count). The Labute approximate surface area is 160 Å². The Bertz CT molecular complexity index is 898. The zero-order chi connectivity index (χ0) is 18.6. The SMILES string of the molecule is Cc1cccc(-c2cnc3ccc(OCCCN4CCN(C)CC4)nn23)c1. The second-order valence-corrected chi connectivity index (χ2v) is 7.30. The van der Waals surface area contributed by atoms with Gasteiger partial charge in [0.25, 0.3) is 0 Å². The summed E-state index contributed by atoms with van der Waals surface area (Å²) in [5.41, 5.74) is 4.15. The van der Waals surface area contributed by atoms with Crippen LogP contribution in [-0.2, 0) is 0 Å². The van der Waals surface area contributed by atoms with Crippen molar-refractivity contribution in [1.82, 2.24) is 24.4 Å². The van der Waals surface area contributed by atoms with E-state index >= 15 is 0 Å². The van der Waals surface area contributed by atoms with Crippen LogP contribution in [0, 0.1) is 6.92 Å². The molecule has 3 aromatic rings. The number of ether oxygens (including phenoxy) is 1. The highest BCUT2D eigenvalue weighted by Gasteiger charge is 2.13. The molecule has 1 aromatic carbocycles. The van der Waals surface area contributed by atoms with E-state index in [9.17, 15) is 0 Å². The van der Waals surface area contributed by atoms with E-state index in [2.05, 4.69) is 58.1 Å². The topological polar surface area (TPSA) is 45.9 Å². The molecule has 0 spiro atoms. The lowest BCUT2D eigenvalue weighted by Crippen LogP contribution is -2.44. The van der Waals surface area contributed by atoms with E-state index in [1.54, 1.807) is 0 Å². The van der Waals surface area contributed by atoms with E-state index in [-0.39, 0.29) is 0 Å². The molecule has 6 heteroatoms. The van der Waals surface area contributed by atoms with E-state index in [1.807, 2.05) is 22.8 Å². The molecule has 0 radical (unpaired) electrons. The van der Waals surface area contributed by atoms with Gasteiger partial charge in [0.05, 0.1) is 18.5 Å². The predicted octanol–water partition coefficient (Wildman–Crippen LogP) is 2.72. The smallest absolute Gasteiger partial charge is 0.231 e. The molecule has 0 unspecified atom stereocenters. The van der Waals surface area contributed by atoms with Gasteiger partial charge in [0.2, 0.25) is 5.88 Å². The minimum absolute atomic E-state index is 0.646. The third kappa shape index (κ3) is 4.28. The zero-order valence-corrected chi connectivity index (χ0v) is 16.1. The number of hydrogen-bond acceptors (Lipinski definition) is 5. The van der Waals surface area contributed by atoms with Gasteiger partial charge in [-0.15, -0.1) is 5.10 Å². The van der Waals surface area contributed by atoms with Crippen molar-refractivity contribution in [3.05, 3.63) is 48.2 Å². The second-order valence-electron chi connectivity index (χ2n) is 7.30. The number of fused-ring (bicyclic) bond motifs is 1. The van der Waals surface area contributed by atoms with Gasteiger partial charge in [0, 0.05) is 44.4 Å². The van der Waals surface area contributed by atoms with Crippen molar-refractivity contribution in [2.24, 2.45) is 0 Å². The van der Waals surface area contributed by atoms with Crippen LogP contribution in [0.4, 0.5) is 0 Å². The van der Waals surface area contributed by atoms with Gasteiger partial charge in [-0.2, -0.15) is 0 Å². The molecule has 0 aliphatic carbocycles. The fourth-order valence-electron chi connectivity index (χ4n) is 3.47. The van der Waals surface area contributed by atoms with Gasteiger partial charge in [-0.3, -0.25) is 0 Å². The third-order valence-electron chi connectivity index (χ3n) is 5.12. The molecule has 27 heavy (non-hydrogen) atoms. The van der Waals surface area contributed by atoms with Crippen LogP contribution in [0.2, 0.25) is 0 Å². The largest absolute Gasteiger partial charge is 0.477 e. The van der Waals surface area contributed by atoms with Crippen LogP contribution >= 0.6 is 0 Å². The number of imidazole rings is 1. The summed E-state index contributed by atoms with van der Waals surface area (Å²) >= 11 is 0. The van der Waals surface area contributed by atoms with Gasteiger partial charge in [-0.05, 0) is 32.5 Å². The average Bonchev–Trinajstić information content (AvgIpc) is 3.10. The highest BCUT2D eigenvalue weighted by Crippen LogP contribution is 2.22. The second kappa shape index (κ2) is 8.06. The molecule has 1 saturated heterocycles. The predicted molar refractivity (Wildman–Crippen MR) is 107 cm³/mol. The summed E-state index contributed by atoms with van der Waals surface area (Å²) in [6.07, 6.45) is 2.88. The van der Waals surface area contributed by atoms with Crippen molar-refractivity contribution < 1.29 is 4.74 Å². The number of aromatic nitrogens is 3. The van der Waals surface area contributed by atoms with Gasteiger partial charge < -0.3 is 14.5 Å². The molecule has 1 aliphatic heterocycles. The number of likely N-dealkylation sites (N-methyl/N-ethyl adjacent to an activating group) is 1. The molecular formula is C21H27N5O. The molecule has 1 aliphatic rings. The van der Waals surface area contributed by atoms with Crippen LogP contribution < -0.4 is 4.74 Å². The van der Waals surface area contributed by atoms with E-state index in [4.69, 9.17) is 4.74 Å². The zero-order valence-electron chi connectivity index (χ0n) is 16.1. The van der Waals surface area contributed by atoms with E-state index in [0.717, 1.165) is 56.0 Å². The maximum atomic E-state index is 5.91. The molecule has 142 valence electrons. The van der Waals surface area contributed by atoms with Crippen molar-refractivity contribution in [3.63, 3.8) is 0 Å². The lowest BCUT2D eigenvalue weighted by atomic mass is 10.1. The Balaban J connectivity index is 1.39. The molecule has 0 saturated carbocycles. The molecule has 3 heterocycles. The van der Waals surface area contributed by atoms with Crippen molar-refractivity contribution >= 4 is 5.65 Å². The van der Waals surface area contributed by atoms with Crippen LogP contribution in [-0.4, -0.2) is 70.8 Å². The van der Waals surface area contributed by atoms with Crippen LogP contribution in [0.25, 0.3) is 16.9 Å². The van der Waals surface area contributed by atoms with Crippen LogP contribution in [0.5, 0.6) is 5.88 Å². The maximum Gasteiger partial charge on any atom is 0.231 e. The monoisotopic (exact) mass is 365 g/mol. The number of benzene rings is 1. The minimum Gasteiger partial charge on any atom is -0.477 e. The number of rotatable bonds is 6. The molecule has 0 bridgehead atoms. The summed E-state index contributed by atoms with van der Waals surface area (Å²) < 4.78 is 7.78. The number of nitrogens with zero attached hydrogens (tertiary/aromatic N) is 5. The van der Waals surface area contributed by atoms with Crippen molar-refractivity contribution in [3.8, 4) is 17.1 Å². The highest BCUT2D eigenvalue weighted by atomic mass is 16.5. The molecule has 0 N–H and O–H groups in total. The van der Waals surface area contributed by atoms with Gasteiger partial charge >= 0.3 is 0 Å². The minimum atomic E-state index is 0.646. The maximum absolute atomic E-state index is 5.91. The quantitative estimate of drug-likeness (QED) is 0.629. The molecule has 1 fully saturated rings. The van der Waals surface area contributed by atoms with Crippen LogP contribution in [0.3, 0.4) is 0 Å². The van der Waals surface area contributed by atoms with Gasteiger partial charge in [0.15, 0.2) is 5.65 Å². The standard InChI is InChI=1S/C21H27N5O/c1-17-5-3-6-18(15-17)19-16-22-20-7-8-21(23-26(19)20)27-14-4-9-25-12-10-24(2)11-13-25/h3,5-8,15-16H,4,9-14H2,1-2H3. The first kappa shape index (κ1) is 17.9. The fraction of sp³-hybridized carbons (Fsp3) is 0.429. The van der Waals surface area contributed by atoms with Gasteiger partial charge in [-0.25, -0.2) is 9.50 Å². The van der Waals surface area contributed by atoms with Crippen LogP contribution in [0.15, 0.2) is 42.6 Å². The summed E-state index contributed by atoms with van der Waals surface area (Å²) in [6.45, 7) is 8.46. The summed E-state index contributed by atoms with van der Waals surface area (Å²) in [5, 5.41) is 4.65. The summed E-state index contributed by atoms with van der Waals surface area (Å²) in [6, 6.07) is 12.2. The Hall–Kier alpha value is -2.44. The number of hydrogen-bond donors (Lipinski definition) is 0. The molecule has 0 atom stereocenters. The van der Waals surface area contributed by atoms with Crippen molar-refractivity contribution in [2.75, 3.05) is 46.4 Å². The fourth-order valence-corrected chi connectivity index (χ4v) is 3.47. The van der Waals surface area contributed by atoms with E-state index in [0.29, 0.717) is 12.5 Å². The van der Waals surface area contributed by atoms with Crippen LogP contribution in [0.1, 0.15) is 12.0 Å². The number of piperazine rings is 1. The highest BCUT2D eigenvalue weighted by molar-refractivity contribution is 5.63. The first-order valence-electron chi connectivity index (χ1n) is 9.64. The molecule has 0 amide bonds. The van der Waals surface area contributed by atoms with Gasteiger partial charge in [0.1, 0.15) is 0 Å². The summed E-state index contributed by atoms with van der Waals surface area (Å²) in [5.74, 6) is 0.646. The Morgan fingerprint density at radius 1 is 1.07 bits per heavy atom. The molecular weight excluding hydrogens is 338 g/mol. The molecule has 2 aromatic heterocycles. The Morgan fingerprint density at radius 2 is 1.93 bits per heavy atom. The Morgan fingerprint density at radius 3 is 2.74 bits per heavy atom. The summed E-state index contributed by atoms with van der Waals surface area (Å²) in [4.78, 5) is 9.35. The Kier molecular flexibility index (Phi) is 5.36. The van der Waals surface area contributed by atoms with E-state index < -0.39 is 0 Å². The lowest BCUT2D eigenvalue weighted by molar-refractivity contribution is 0.145. The first-order chi connectivity index (χ1) is 13.2. The van der Waals surface area contributed by atoms with Gasteiger partial charge in [-0.1, -0.05) is 23.8 Å². The number of aryl methyl sites for hydroxylation is 1. The van der Waals surface area contributed by atoms with Crippen molar-refractivity contribution in [2.45, 2.75) is 13.3 Å². The average molecular weight is 365 g/mol. The lowest BCUT2D eigenvalue weighted by Gasteiger charge is -2.32. The molecule has 6 nitrogen and oxygen atoms in total. The van der Waals surface area contributed by atoms with Crippen molar-refractivity contribution in [1.29, 1.82) is 0 Å². The first-order valence-corrected chi connectivity index (χ1v) is 9.64. The van der Waals surface area contributed by atoms with E-state index in [1.165, 1.54) is 5.56 Å². The normalized spacial score (nSPS) is 16.1. The third-order valence-corrected chi connectivity index (χ3v) is 5.12.